The Hall–Kier alpha value is -1.10. The van der Waals surface area contributed by atoms with E-state index in [2.05, 4.69) is 10.3 Å². The summed E-state index contributed by atoms with van der Waals surface area (Å²) in [6.07, 6.45) is 1.70. The second-order valence-corrected chi connectivity index (χ2v) is 5.36. The molecule has 0 aliphatic heterocycles. The van der Waals surface area contributed by atoms with Gasteiger partial charge in [-0.3, -0.25) is 4.21 Å². The van der Waals surface area contributed by atoms with Gasteiger partial charge in [0, 0.05) is 28.9 Å². The third-order valence-electron chi connectivity index (χ3n) is 2.26. The summed E-state index contributed by atoms with van der Waals surface area (Å²) in [7, 11) is -0.809. The predicted octanol–water partition coefficient (Wildman–Crippen LogP) is 1.15. The fourth-order valence-corrected chi connectivity index (χ4v) is 1.35. The molecule has 0 spiro atoms. The van der Waals surface area contributed by atoms with Gasteiger partial charge in [-0.1, -0.05) is 0 Å². The fraction of sp³-hybridized carbons (Fsp3) is 0.500. The van der Waals surface area contributed by atoms with Gasteiger partial charge in [-0.05, 0) is 26.0 Å². The number of rotatable bonds is 4. The van der Waals surface area contributed by atoms with Crippen molar-refractivity contribution < 1.29 is 4.21 Å². The Bertz CT molecular complexity index is 368. The first-order chi connectivity index (χ1) is 7.00. The molecular weight excluding hydrogens is 210 g/mol. The average Bonchev–Trinajstić information content (AvgIpc) is 2.19. The summed E-state index contributed by atoms with van der Waals surface area (Å²) in [6, 6.07) is 3.64. The van der Waals surface area contributed by atoms with Crippen LogP contribution in [0.5, 0.6) is 0 Å². The number of pyridine rings is 1. The van der Waals surface area contributed by atoms with Gasteiger partial charge in [0.15, 0.2) is 0 Å². The molecule has 0 bridgehead atoms. The predicted molar refractivity (Wildman–Crippen MR) is 65.4 cm³/mol. The summed E-state index contributed by atoms with van der Waals surface area (Å²) in [5.41, 5.74) is 7.15. The van der Waals surface area contributed by atoms with E-state index in [1.165, 1.54) is 0 Å². The summed E-state index contributed by atoms with van der Waals surface area (Å²) in [6.45, 7) is 4.45. The standard InChI is InChI=1S/C10H17N3OS/c1-7(15(3)14)6-12-10-5-4-9(11)8(2)13-10/h4-5,7H,6,11H2,1-3H3,(H,12,13). The van der Waals surface area contributed by atoms with Gasteiger partial charge in [-0.2, -0.15) is 0 Å². The topological polar surface area (TPSA) is 68.0 Å². The third-order valence-corrected chi connectivity index (χ3v) is 3.56. The van der Waals surface area contributed by atoms with E-state index >= 15 is 0 Å². The number of hydrogen-bond acceptors (Lipinski definition) is 4. The zero-order valence-corrected chi connectivity index (χ0v) is 10.1. The lowest BCUT2D eigenvalue weighted by molar-refractivity contribution is 0.679. The number of nitrogens with one attached hydrogen (secondary N) is 1. The van der Waals surface area contributed by atoms with Crippen LogP contribution in [0, 0.1) is 6.92 Å². The average molecular weight is 227 g/mol. The number of nitrogens with two attached hydrogens (primary N) is 1. The van der Waals surface area contributed by atoms with E-state index in [0.29, 0.717) is 12.2 Å². The maximum atomic E-state index is 11.1. The Morgan fingerprint density at radius 3 is 2.80 bits per heavy atom. The van der Waals surface area contributed by atoms with Crippen molar-refractivity contribution in [1.29, 1.82) is 0 Å². The minimum atomic E-state index is -0.809. The van der Waals surface area contributed by atoms with E-state index in [-0.39, 0.29) is 5.25 Å². The van der Waals surface area contributed by atoms with Crippen molar-refractivity contribution in [1.82, 2.24) is 4.98 Å². The lowest BCUT2D eigenvalue weighted by Crippen LogP contribution is -2.21. The highest BCUT2D eigenvalue weighted by atomic mass is 32.2. The molecule has 3 N–H and O–H groups in total. The van der Waals surface area contributed by atoms with E-state index in [4.69, 9.17) is 5.73 Å². The third kappa shape index (κ3) is 3.51. The number of aromatic nitrogens is 1. The molecule has 2 unspecified atom stereocenters. The van der Waals surface area contributed by atoms with Crippen molar-refractivity contribution >= 4 is 22.3 Å². The zero-order chi connectivity index (χ0) is 11.4. The Morgan fingerprint density at radius 1 is 1.60 bits per heavy atom. The first kappa shape index (κ1) is 12.0. The van der Waals surface area contributed by atoms with Crippen LogP contribution in [0.1, 0.15) is 12.6 Å². The molecule has 4 nitrogen and oxygen atoms in total. The van der Waals surface area contributed by atoms with E-state index < -0.39 is 10.8 Å². The molecule has 0 fully saturated rings. The lowest BCUT2D eigenvalue weighted by atomic mass is 10.3. The van der Waals surface area contributed by atoms with Crippen molar-refractivity contribution in [2.75, 3.05) is 23.9 Å². The second kappa shape index (κ2) is 5.11. The Morgan fingerprint density at radius 2 is 2.27 bits per heavy atom. The molecule has 1 aromatic rings. The van der Waals surface area contributed by atoms with E-state index in [9.17, 15) is 4.21 Å². The fourth-order valence-electron chi connectivity index (χ4n) is 1.04. The molecule has 0 amide bonds. The molecule has 15 heavy (non-hydrogen) atoms. The Labute approximate surface area is 92.7 Å². The summed E-state index contributed by atoms with van der Waals surface area (Å²) < 4.78 is 11.1. The number of hydrogen-bond donors (Lipinski definition) is 2. The number of anilines is 2. The smallest absolute Gasteiger partial charge is 0.126 e. The second-order valence-electron chi connectivity index (χ2n) is 3.56. The van der Waals surface area contributed by atoms with Crippen molar-refractivity contribution in [3.63, 3.8) is 0 Å². The highest BCUT2D eigenvalue weighted by molar-refractivity contribution is 7.84. The van der Waals surface area contributed by atoms with Crippen LogP contribution in [0.15, 0.2) is 12.1 Å². The molecule has 84 valence electrons. The number of aryl methyl sites for hydroxylation is 1. The van der Waals surface area contributed by atoms with Gasteiger partial charge in [-0.15, -0.1) is 0 Å². The van der Waals surface area contributed by atoms with Crippen LogP contribution in [-0.2, 0) is 10.8 Å². The first-order valence-electron chi connectivity index (χ1n) is 4.80. The minimum absolute atomic E-state index is 0.115. The molecular formula is C10H17N3OS. The molecule has 1 heterocycles. The monoisotopic (exact) mass is 227 g/mol. The van der Waals surface area contributed by atoms with E-state index in [1.807, 2.05) is 26.0 Å². The van der Waals surface area contributed by atoms with Crippen LogP contribution in [0.3, 0.4) is 0 Å². The van der Waals surface area contributed by atoms with Crippen molar-refractivity contribution in [2.45, 2.75) is 19.1 Å². The highest BCUT2D eigenvalue weighted by Gasteiger charge is 2.06. The van der Waals surface area contributed by atoms with Gasteiger partial charge in [0.1, 0.15) is 5.82 Å². The largest absolute Gasteiger partial charge is 0.397 e. The molecule has 0 radical (unpaired) electrons. The molecule has 1 rings (SSSR count). The molecule has 0 aliphatic rings. The molecule has 0 saturated heterocycles. The van der Waals surface area contributed by atoms with Crippen LogP contribution in [0.2, 0.25) is 0 Å². The lowest BCUT2D eigenvalue weighted by Gasteiger charge is -2.11. The summed E-state index contributed by atoms with van der Waals surface area (Å²) in [5.74, 6) is 0.777. The van der Waals surface area contributed by atoms with Gasteiger partial charge < -0.3 is 11.1 Å². The zero-order valence-electron chi connectivity index (χ0n) is 9.28. The van der Waals surface area contributed by atoms with Crippen LogP contribution in [-0.4, -0.2) is 27.2 Å². The van der Waals surface area contributed by atoms with Crippen LogP contribution < -0.4 is 11.1 Å². The SMILES string of the molecule is Cc1nc(NCC(C)S(C)=O)ccc1N. The molecule has 1 aromatic heterocycles. The Balaban J connectivity index is 2.58. The van der Waals surface area contributed by atoms with Crippen molar-refractivity contribution in [2.24, 2.45) is 0 Å². The molecule has 0 aromatic carbocycles. The quantitative estimate of drug-likeness (QED) is 0.809. The van der Waals surface area contributed by atoms with E-state index in [0.717, 1.165) is 11.5 Å². The normalized spacial score (nSPS) is 14.6. The van der Waals surface area contributed by atoms with Crippen LogP contribution in [0.4, 0.5) is 11.5 Å². The van der Waals surface area contributed by atoms with Gasteiger partial charge in [0.2, 0.25) is 0 Å². The summed E-state index contributed by atoms with van der Waals surface area (Å²) in [4.78, 5) is 4.27. The Kier molecular flexibility index (Phi) is 4.08. The maximum Gasteiger partial charge on any atom is 0.126 e. The summed E-state index contributed by atoms with van der Waals surface area (Å²) in [5, 5.41) is 3.25. The number of nitrogens with zero attached hydrogens (tertiary/aromatic N) is 1. The van der Waals surface area contributed by atoms with Crippen molar-refractivity contribution in [3.8, 4) is 0 Å². The molecule has 0 saturated carbocycles. The van der Waals surface area contributed by atoms with Crippen LogP contribution in [0.25, 0.3) is 0 Å². The summed E-state index contributed by atoms with van der Waals surface area (Å²) >= 11 is 0. The molecule has 0 aliphatic carbocycles. The maximum absolute atomic E-state index is 11.1. The number of nitrogen functional groups attached to an aromatic ring is 1. The van der Waals surface area contributed by atoms with Gasteiger partial charge in [0.05, 0.1) is 11.4 Å². The van der Waals surface area contributed by atoms with Gasteiger partial charge >= 0.3 is 0 Å². The highest BCUT2D eigenvalue weighted by Crippen LogP contribution is 2.11. The molecule has 2 atom stereocenters. The van der Waals surface area contributed by atoms with Gasteiger partial charge in [-0.25, -0.2) is 4.98 Å². The van der Waals surface area contributed by atoms with Crippen LogP contribution >= 0.6 is 0 Å². The van der Waals surface area contributed by atoms with Gasteiger partial charge in [0.25, 0.3) is 0 Å². The minimum Gasteiger partial charge on any atom is -0.397 e. The van der Waals surface area contributed by atoms with E-state index in [1.54, 1.807) is 6.26 Å². The molecule has 5 heteroatoms. The van der Waals surface area contributed by atoms with Crippen molar-refractivity contribution in [3.05, 3.63) is 17.8 Å². The first-order valence-corrected chi connectivity index (χ1v) is 6.42.